The Hall–Kier alpha value is -1.73. The molecule has 0 spiro atoms. The summed E-state index contributed by atoms with van der Waals surface area (Å²) in [6.45, 7) is 8.50. The molecule has 1 saturated carbocycles. The van der Waals surface area contributed by atoms with Crippen molar-refractivity contribution in [3.05, 3.63) is 18.0 Å². The van der Waals surface area contributed by atoms with E-state index in [-0.39, 0.29) is 18.4 Å². The first kappa shape index (κ1) is 25.5. The molecule has 2 rings (SSSR count). The zero-order valence-corrected chi connectivity index (χ0v) is 20.1. The summed E-state index contributed by atoms with van der Waals surface area (Å²) in [5.74, 6) is 1.93. The molecule has 1 aromatic rings. The molecule has 0 aliphatic heterocycles. The highest BCUT2D eigenvalue weighted by atomic mass is 16.3. The Labute approximate surface area is 188 Å². The number of nitrogens with zero attached hydrogens (tertiary/aromatic N) is 5. The predicted molar refractivity (Wildman–Crippen MR) is 126 cm³/mol. The number of anilines is 1. The van der Waals surface area contributed by atoms with Crippen molar-refractivity contribution in [2.24, 2.45) is 11.8 Å². The highest BCUT2D eigenvalue weighted by Gasteiger charge is 2.28. The topological polar surface area (TPSA) is 72.8 Å². The standard InChI is InChI=1S/C24H43N5O2/c1-5-7-21-18-25-24(26-19-21)28(4)13-12-20-8-10-22(11-9-20)23(31)27(3)14-15-29(6-2)16-17-30/h18-20,22,30H,5-17H2,1-4H3. The number of hydrogen-bond donors (Lipinski definition) is 1. The van der Waals surface area contributed by atoms with Crippen LogP contribution in [0.2, 0.25) is 0 Å². The molecular formula is C24H43N5O2. The van der Waals surface area contributed by atoms with E-state index in [4.69, 9.17) is 5.11 Å². The van der Waals surface area contributed by atoms with Gasteiger partial charge < -0.3 is 14.9 Å². The Kier molecular flexibility index (Phi) is 11.2. The molecule has 0 aromatic carbocycles. The summed E-state index contributed by atoms with van der Waals surface area (Å²) in [6.07, 6.45) is 11.4. The van der Waals surface area contributed by atoms with Crippen LogP contribution in [0.5, 0.6) is 0 Å². The van der Waals surface area contributed by atoms with Crippen LogP contribution in [0.25, 0.3) is 0 Å². The predicted octanol–water partition coefficient (Wildman–Crippen LogP) is 2.83. The highest BCUT2D eigenvalue weighted by Crippen LogP contribution is 2.32. The summed E-state index contributed by atoms with van der Waals surface area (Å²) in [5, 5.41) is 9.11. The lowest BCUT2D eigenvalue weighted by Crippen LogP contribution is -2.40. The fourth-order valence-corrected chi connectivity index (χ4v) is 4.42. The summed E-state index contributed by atoms with van der Waals surface area (Å²) in [4.78, 5) is 28.1. The zero-order valence-electron chi connectivity index (χ0n) is 20.1. The Morgan fingerprint density at radius 3 is 2.29 bits per heavy atom. The van der Waals surface area contributed by atoms with Gasteiger partial charge in [-0.05, 0) is 56.6 Å². The van der Waals surface area contributed by atoms with E-state index in [0.29, 0.717) is 12.5 Å². The molecule has 1 aliphatic carbocycles. The van der Waals surface area contributed by atoms with Gasteiger partial charge in [-0.1, -0.05) is 20.3 Å². The lowest BCUT2D eigenvalue weighted by molar-refractivity contribution is -0.135. The average molecular weight is 434 g/mol. The monoisotopic (exact) mass is 433 g/mol. The first-order valence-electron chi connectivity index (χ1n) is 12.1. The van der Waals surface area contributed by atoms with Crippen LogP contribution in [0.1, 0.15) is 57.9 Å². The van der Waals surface area contributed by atoms with Crippen molar-refractivity contribution in [2.75, 3.05) is 58.3 Å². The van der Waals surface area contributed by atoms with Gasteiger partial charge in [0.25, 0.3) is 0 Å². The molecule has 0 unspecified atom stereocenters. The molecule has 31 heavy (non-hydrogen) atoms. The van der Waals surface area contributed by atoms with Gasteiger partial charge in [0.1, 0.15) is 0 Å². The molecule has 0 saturated heterocycles. The lowest BCUT2D eigenvalue weighted by atomic mass is 9.80. The maximum atomic E-state index is 12.8. The molecular weight excluding hydrogens is 390 g/mol. The van der Waals surface area contributed by atoms with Gasteiger partial charge in [-0.3, -0.25) is 9.69 Å². The van der Waals surface area contributed by atoms with Crippen LogP contribution in [0.15, 0.2) is 12.4 Å². The second kappa shape index (κ2) is 13.6. The van der Waals surface area contributed by atoms with Gasteiger partial charge in [-0.25, -0.2) is 9.97 Å². The molecule has 1 amide bonds. The largest absolute Gasteiger partial charge is 0.395 e. The lowest BCUT2D eigenvalue weighted by Gasteiger charge is -2.32. The Morgan fingerprint density at radius 2 is 1.71 bits per heavy atom. The van der Waals surface area contributed by atoms with Gasteiger partial charge in [-0.2, -0.15) is 0 Å². The fourth-order valence-electron chi connectivity index (χ4n) is 4.42. The molecule has 7 nitrogen and oxygen atoms in total. The van der Waals surface area contributed by atoms with Gasteiger partial charge in [0.05, 0.1) is 6.61 Å². The molecule has 1 N–H and O–H groups in total. The van der Waals surface area contributed by atoms with E-state index in [1.54, 1.807) is 0 Å². The first-order valence-corrected chi connectivity index (χ1v) is 12.1. The molecule has 0 radical (unpaired) electrons. The number of rotatable bonds is 13. The second-order valence-electron chi connectivity index (χ2n) is 8.99. The van der Waals surface area contributed by atoms with Gasteiger partial charge in [0, 0.05) is 58.6 Å². The Morgan fingerprint density at radius 1 is 1.03 bits per heavy atom. The van der Waals surface area contributed by atoms with Crippen molar-refractivity contribution in [1.82, 2.24) is 19.8 Å². The van der Waals surface area contributed by atoms with Gasteiger partial charge in [-0.15, -0.1) is 0 Å². The zero-order chi connectivity index (χ0) is 22.6. The number of aromatic nitrogens is 2. The Balaban J connectivity index is 1.69. The number of carbonyl (C=O) groups is 1. The molecule has 0 bridgehead atoms. The Bertz CT molecular complexity index is 631. The van der Waals surface area contributed by atoms with E-state index in [9.17, 15) is 4.79 Å². The van der Waals surface area contributed by atoms with Crippen LogP contribution in [-0.4, -0.2) is 84.2 Å². The minimum atomic E-state index is 0.168. The highest BCUT2D eigenvalue weighted by molar-refractivity contribution is 5.78. The van der Waals surface area contributed by atoms with E-state index in [1.165, 1.54) is 5.56 Å². The SMILES string of the molecule is CCCc1cnc(N(C)CCC2CCC(C(=O)N(C)CCN(CC)CCO)CC2)nc1. The van der Waals surface area contributed by atoms with Crippen molar-refractivity contribution in [2.45, 2.75) is 58.8 Å². The number of aliphatic hydroxyl groups is 1. The molecule has 1 aromatic heterocycles. The van der Waals surface area contributed by atoms with Crippen molar-refractivity contribution >= 4 is 11.9 Å². The smallest absolute Gasteiger partial charge is 0.225 e. The van der Waals surface area contributed by atoms with E-state index in [1.807, 2.05) is 24.3 Å². The number of hydrogen-bond acceptors (Lipinski definition) is 6. The van der Waals surface area contributed by atoms with E-state index >= 15 is 0 Å². The molecule has 1 heterocycles. The summed E-state index contributed by atoms with van der Waals surface area (Å²) in [7, 11) is 3.98. The molecule has 1 aliphatic rings. The number of likely N-dealkylation sites (N-methyl/N-ethyl adjacent to an activating group) is 2. The quantitative estimate of drug-likeness (QED) is 0.516. The van der Waals surface area contributed by atoms with E-state index in [0.717, 1.165) is 77.1 Å². The molecule has 0 atom stereocenters. The fraction of sp³-hybridized carbons (Fsp3) is 0.792. The van der Waals surface area contributed by atoms with Gasteiger partial charge in [0.2, 0.25) is 11.9 Å². The molecule has 176 valence electrons. The number of aliphatic hydroxyl groups excluding tert-OH is 1. The average Bonchev–Trinajstić information content (AvgIpc) is 2.80. The maximum absolute atomic E-state index is 12.8. The normalized spacial score (nSPS) is 18.9. The van der Waals surface area contributed by atoms with Crippen LogP contribution in [0, 0.1) is 11.8 Å². The summed E-state index contributed by atoms with van der Waals surface area (Å²) >= 11 is 0. The van der Waals surface area contributed by atoms with Gasteiger partial charge >= 0.3 is 0 Å². The van der Waals surface area contributed by atoms with Crippen molar-refractivity contribution < 1.29 is 9.90 Å². The van der Waals surface area contributed by atoms with Crippen molar-refractivity contribution in [3.8, 4) is 0 Å². The van der Waals surface area contributed by atoms with Crippen LogP contribution in [0.4, 0.5) is 5.95 Å². The third kappa shape index (κ3) is 8.37. The minimum absolute atomic E-state index is 0.168. The summed E-state index contributed by atoms with van der Waals surface area (Å²) in [6, 6.07) is 0. The third-order valence-corrected chi connectivity index (χ3v) is 6.63. The minimum Gasteiger partial charge on any atom is -0.395 e. The van der Waals surface area contributed by atoms with Crippen LogP contribution in [0.3, 0.4) is 0 Å². The molecule has 7 heteroatoms. The van der Waals surface area contributed by atoms with Crippen LogP contribution >= 0.6 is 0 Å². The number of amides is 1. The summed E-state index contributed by atoms with van der Waals surface area (Å²) in [5.41, 5.74) is 1.20. The number of aryl methyl sites for hydroxylation is 1. The number of carbonyl (C=O) groups excluding carboxylic acids is 1. The first-order chi connectivity index (χ1) is 15.0. The third-order valence-electron chi connectivity index (χ3n) is 6.63. The molecule has 1 fully saturated rings. The van der Waals surface area contributed by atoms with Crippen LogP contribution < -0.4 is 4.90 Å². The van der Waals surface area contributed by atoms with Crippen molar-refractivity contribution in [1.29, 1.82) is 0 Å². The van der Waals surface area contributed by atoms with Crippen molar-refractivity contribution in [3.63, 3.8) is 0 Å². The van der Waals surface area contributed by atoms with E-state index < -0.39 is 0 Å². The summed E-state index contributed by atoms with van der Waals surface area (Å²) < 4.78 is 0. The maximum Gasteiger partial charge on any atom is 0.225 e. The second-order valence-corrected chi connectivity index (χ2v) is 8.99. The van der Waals surface area contributed by atoms with Gasteiger partial charge in [0.15, 0.2) is 0 Å². The van der Waals surface area contributed by atoms with E-state index in [2.05, 4.69) is 40.7 Å². The van der Waals surface area contributed by atoms with Crippen LogP contribution in [-0.2, 0) is 11.2 Å².